The number of anilines is 1. The molecular formula is C14H12ClNO3S. The van der Waals surface area contributed by atoms with E-state index in [1.54, 1.807) is 30.3 Å². The molecule has 2 aromatic rings. The summed E-state index contributed by atoms with van der Waals surface area (Å²) < 4.78 is 4.59. The fourth-order valence-electron chi connectivity index (χ4n) is 1.73. The van der Waals surface area contributed by atoms with E-state index >= 15 is 0 Å². The van der Waals surface area contributed by atoms with Gasteiger partial charge in [-0.05, 0) is 18.2 Å². The first-order valence-electron chi connectivity index (χ1n) is 5.77. The lowest BCUT2D eigenvalue weighted by atomic mass is 10.0. The maximum absolute atomic E-state index is 12.4. The molecule has 20 heavy (non-hydrogen) atoms. The summed E-state index contributed by atoms with van der Waals surface area (Å²) in [5.41, 5.74) is 6.60. The third kappa shape index (κ3) is 3.00. The second kappa shape index (κ2) is 6.07. The van der Waals surface area contributed by atoms with Gasteiger partial charge < -0.3 is 10.5 Å². The molecule has 0 atom stereocenters. The highest BCUT2D eigenvalue weighted by atomic mass is 35.5. The van der Waals surface area contributed by atoms with E-state index in [9.17, 15) is 9.59 Å². The zero-order valence-electron chi connectivity index (χ0n) is 10.7. The summed E-state index contributed by atoms with van der Waals surface area (Å²) in [6.45, 7) is 0. The van der Waals surface area contributed by atoms with E-state index in [4.69, 9.17) is 17.3 Å². The maximum Gasteiger partial charge on any atom is 0.310 e. The predicted octanol–water partition coefficient (Wildman–Crippen LogP) is 2.93. The van der Waals surface area contributed by atoms with Gasteiger partial charge in [-0.3, -0.25) is 9.59 Å². The first-order chi connectivity index (χ1) is 9.52. The van der Waals surface area contributed by atoms with Crippen LogP contribution < -0.4 is 5.73 Å². The molecule has 0 saturated carbocycles. The highest BCUT2D eigenvalue weighted by Gasteiger charge is 2.19. The zero-order chi connectivity index (χ0) is 14.7. The molecule has 2 N–H and O–H groups in total. The molecule has 104 valence electrons. The van der Waals surface area contributed by atoms with E-state index in [1.165, 1.54) is 18.4 Å². The van der Waals surface area contributed by atoms with Crippen molar-refractivity contribution in [3.05, 3.63) is 51.4 Å². The van der Waals surface area contributed by atoms with Crippen molar-refractivity contribution in [3.63, 3.8) is 0 Å². The van der Waals surface area contributed by atoms with Gasteiger partial charge in [-0.1, -0.05) is 23.7 Å². The monoisotopic (exact) mass is 309 g/mol. The lowest BCUT2D eigenvalue weighted by Crippen LogP contribution is -2.04. The van der Waals surface area contributed by atoms with Gasteiger partial charge in [-0.15, -0.1) is 11.3 Å². The van der Waals surface area contributed by atoms with Crippen molar-refractivity contribution >= 4 is 39.7 Å². The van der Waals surface area contributed by atoms with Gasteiger partial charge in [-0.25, -0.2) is 0 Å². The van der Waals surface area contributed by atoms with Crippen LogP contribution in [0.3, 0.4) is 0 Å². The Hall–Kier alpha value is -1.85. The van der Waals surface area contributed by atoms with Crippen molar-refractivity contribution in [2.75, 3.05) is 12.8 Å². The molecule has 1 aromatic carbocycles. The van der Waals surface area contributed by atoms with Crippen LogP contribution in [0.4, 0.5) is 5.00 Å². The van der Waals surface area contributed by atoms with Crippen LogP contribution in [0, 0.1) is 0 Å². The largest absolute Gasteiger partial charge is 0.469 e. The average molecular weight is 310 g/mol. The maximum atomic E-state index is 12.4. The van der Waals surface area contributed by atoms with Crippen molar-refractivity contribution in [2.24, 2.45) is 0 Å². The van der Waals surface area contributed by atoms with Gasteiger partial charge in [0.05, 0.1) is 29.1 Å². The lowest BCUT2D eigenvalue weighted by Gasteiger charge is -2.02. The molecule has 1 heterocycles. The fraction of sp³-hybridized carbons (Fsp3) is 0.143. The third-order valence-electron chi connectivity index (χ3n) is 2.72. The van der Waals surface area contributed by atoms with Crippen molar-refractivity contribution < 1.29 is 14.3 Å². The quantitative estimate of drug-likeness (QED) is 0.696. The van der Waals surface area contributed by atoms with Gasteiger partial charge in [0.15, 0.2) is 5.78 Å². The van der Waals surface area contributed by atoms with Crippen molar-refractivity contribution in [1.82, 2.24) is 0 Å². The van der Waals surface area contributed by atoms with Crippen LogP contribution >= 0.6 is 22.9 Å². The molecular weight excluding hydrogens is 298 g/mol. The zero-order valence-corrected chi connectivity index (χ0v) is 12.3. The Labute approximate surface area is 125 Å². The number of nitrogens with two attached hydrogens (primary N) is 1. The molecule has 0 unspecified atom stereocenters. The van der Waals surface area contributed by atoms with E-state index in [0.717, 1.165) is 0 Å². The minimum atomic E-state index is -0.372. The number of rotatable bonds is 4. The molecule has 0 aliphatic rings. The van der Waals surface area contributed by atoms with Gasteiger partial charge in [0.25, 0.3) is 0 Å². The summed E-state index contributed by atoms with van der Waals surface area (Å²) in [6.07, 6.45) is 0.0984. The Kier molecular flexibility index (Phi) is 4.42. The lowest BCUT2D eigenvalue weighted by molar-refractivity contribution is -0.139. The Morgan fingerprint density at radius 3 is 2.65 bits per heavy atom. The van der Waals surface area contributed by atoms with E-state index in [1.807, 2.05) is 0 Å². The number of ether oxygens (including phenoxy) is 1. The fourth-order valence-corrected chi connectivity index (χ4v) is 2.86. The molecule has 0 saturated heterocycles. The highest BCUT2D eigenvalue weighted by Crippen LogP contribution is 2.29. The minimum absolute atomic E-state index is 0.0984. The second-order valence-electron chi connectivity index (χ2n) is 4.05. The standard InChI is InChI=1S/C14H12ClNO3S/c1-19-12(17)7-8-6-10(14(16)20-8)13(18)9-4-2-3-5-11(9)15/h2-6H,7,16H2,1H3. The van der Waals surface area contributed by atoms with Crippen LogP contribution in [0.25, 0.3) is 0 Å². The molecule has 2 rings (SSSR count). The number of halogens is 1. The van der Waals surface area contributed by atoms with Crippen LogP contribution in [0.15, 0.2) is 30.3 Å². The Morgan fingerprint density at radius 2 is 2.00 bits per heavy atom. The molecule has 0 spiro atoms. The molecule has 1 aromatic heterocycles. The summed E-state index contributed by atoms with van der Waals surface area (Å²) in [7, 11) is 1.31. The number of hydrogen-bond donors (Lipinski definition) is 1. The molecule has 6 heteroatoms. The number of hydrogen-bond acceptors (Lipinski definition) is 5. The number of esters is 1. The number of methoxy groups -OCH3 is 1. The molecule has 0 aliphatic heterocycles. The SMILES string of the molecule is COC(=O)Cc1cc(C(=O)c2ccccc2Cl)c(N)s1. The van der Waals surface area contributed by atoms with E-state index < -0.39 is 0 Å². The normalized spacial score (nSPS) is 10.3. The Balaban J connectivity index is 2.32. The number of ketones is 1. The Bertz CT molecular complexity index is 666. The molecule has 0 radical (unpaired) electrons. The van der Waals surface area contributed by atoms with Crippen LogP contribution in [0.5, 0.6) is 0 Å². The van der Waals surface area contributed by atoms with Crippen LogP contribution in [-0.2, 0) is 16.0 Å². The van der Waals surface area contributed by atoms with Crippen LogP contribution in [0.1, 0.15) is 20.8 Å². The number of benzene rings is 1. The first-order valence-corrected chi connectivity index (χ1v) is 6.96. The summed E-state index contributed by atoms with van der Waals surface area (Å²) >= 11 is 7.20. The highest BCUT2D eigenvalue weighted by molar-refractivity contribution is 7.16. The molecule has 4 nitrogen and oxygen atoms in total. The van der Waals surface area contributed by atoms with Crippen LogP contribution in [-0.4, -0.2) is 18.9 Å². The minimum Gasteiger partial charge on any atom is -0.469 e. The molecule has 0 aliphatic carbocycles. The first kappa shape index (κ1) is 14.6. The van der Waals surface area contributed by atoms with Crippen molar-refractivity contribution in [2.45, 2.75) is 6.42 Å². The summed E-state index contributed by atoms with van der Waals surface area (Å²) in [6, 6.07) is 8.38. The van der Waals surface area contributed by atoms with Gasteiger partial charge in [-0.2, -0.15) is 0 Å². The predicted molar refractivity (Wildman–Crippen MR) is 79.3 cm³/mol. The average Bonchev–Trinajstić information content (AvgIpc) is 2.79. The van der Waals surface area contributed by atoms with Gasteiger partial charge in [0.1, 0.15) is 0 Å². The molecule has 0 amide bonds. The second-order valence-corrected chi connectivity index (χ2v) is 5.63. The van der Waals surface area contributed by atoms with Gasteiger partial charge >= 0.3 is 5.97 Å². The topological polar surface area (TPSA) is 69.4 Å². The number of carbonyl (C=O) groups excluding carboxylic acids is 2. The number of nitrogen functional groups attached to an aromatic ring is 1. The van der Waals surface area contributed by atoms with Crippen LogP contribution in [0.2, 0.25) is 5.02 Å². The van der Waals surface area contributed by atoms with Gasteiger partial charge in [0, 0.05) is 10.4 Å². The molecule has 0 bridgehead atoms. The Morgan fingerprint density at radius 1 is 1.30 bits per heavy atom. The smallest absolute Gasteiger partial charge is 0.310 e. The van der Waals surface area contributed by atoms with E-state index in [-0.39, 0.29) is 18.2 Å². The van der Waals surface area contributed by atoms with Crippen molar-refractivity contribution in [3.8, 4) is 0 Å². The molecule has 0 fully saturated rings. The summed E-state index contributed by atoms with van der Waals surface area (Å²) in [5.74, 6) is -0.622. The van der Waals surface area contributed by atoms with E-state index in [0.29, 0.717) is 26.0 Å². The number of thiophene rings is 1. The van der Waals surface area contributed by atoms with Gasteiger partial charge in [0.2, 0.25) is 0 Å². The third-order valence-corrected chi connectivity index (χ3v) is 4.01. The number of carbonyl (C=O) groups is 2. The summed E-state index contributed by atoms with van der Waals surface area (Å²) in [5, 5.41) is 0.742. The summed E-state index contributed by atoms with van der Waals surface area (Å²) in [4.78, 5) is 24.3. The van der Waals surface area contributed by atoms with E-state index in [2.05, 4.69) is 4.74 Å². The van der Waals surface area contributed by atoms with Crippen molar-refractivity contribution in [1.29, 1.82) is 0 Å².